The number of nitrogens with one attached hydrogen (secondary N) is 1. The van der Waals surface area contributed by atoms with Gasteiger partial charge < -0.3 is 19.9 Å². The fraction of sp³-hybridized carbons (Fsp3) is 0.600. The molecule has 6 heteroatoms. The number of amides is 2. The number of likely N-dealkylation sites (N-methyl/N-ethyl adjacent to an activating group) is 1. The van der Waals surface area contributed by atoms with E-state index in [1.165, 1.54) is 0 Å². The van der Waals surface area contributed by atoms with Crippen LogP contribution in [-0.2, 0) is 9.59 Å². The molecular formula is C20H31N3O3. The molecule has 0 aliphatic carbocycles. The van der Waals surface area contributed by atoms with Crippen molar-refractivity contribution < 1.29 is 14.3 Å². The number of hydrogen-bond donors (Lipinski definition) is 1. The third kappa shape index (κ3) is 4.97. The highest BCUT2D eigenvalue weighted by Gasteiger charge is 2.34. The van der Waals surface area contributed by atoms with Crippen molar-refractivity contribution in [3.8, 4) is 5.75 Å². The van der Waals surface area contributed by atoms with Crippen molar-refractivity contribution in [2.24, 2.45) is 11.8 Å². The van der Waals surface area contributed by atoms with Crippen molar-refractivity contribution in [1.29, 1.82) is 0 Å². The number of para-hydroxylation sites is 1. The fourth-order valence-corrected chi connectivity index (χ4v) is 3.42. The molecule has 1 aromatic carbocycles. The molecule has 0 saturated carbocycles. The van der Waals surface area contributed by atoms with Crippen LogP contribution in [0.4, 0.5) is 0 Å². The monoisotopic (exact) mass is 361 g/mol. The summed E-state index contributed by atoms with van der Waals surface area (Å²) in [4.78, 5) is 28.6. The highest BCUT2D eigenvalue weighted by molar-refractivity contribution is 5.89. The molecule has 1 aliphatic heterocycles. The van der Waals surface area contributed by atoms with E-state index in [1.54, 1.807) is 12.0 Å². The Labute approximate surface area is 156 Å². The Bertz CT molecular complexity index is 630. The molecule has 144 valence electrons. The largest absolute Gasteiger partial charge is 0.496 e. The standard InChI is InChI=1S/C20H31N3O3/c1-14(2)12-23-13-15(10-19(23)24)20(25)21-11-17(22(3)4)16-8-6-7-9-18(16)26-5/h6-9,14-15,17H,10-13H2,1-5H3,(H,21,25)/t15-,17+/m0/s1. The minimum absolute atomic E-state index is 0.000952. The smallest absolute Gasteiger partial charge is 0.225 e. The van der Waals surface area contributed by atoms with Gasteiger partial charge in [0.1, 0.15) is 5.75 Å². The van der Waals surface area contributed by atoms with Crippen molar-refractivity contribution in [2.45, 2.75) is 26.3 Å². The lowest BCUT2D eigenvalue weighted by Gasteiger charge is -2.27. The zero-order chi connectivity index (χ0) is 19.3. The van der Waals surface area contributed by atoms with E-state index in [0.717, 1.165) is 11.3 Å². The maximum atomic E-state index is 12.6. The van der Waals surface area contributed by atoms with E-state index in [2.05, 4.69) is 24.1 Å². The van der Waals surface area contributed by atoms with Gasteiger partial charge in [-0.25, -0.2) is 0 Å². The maximum absolute atomic E-state index is 12.6. The summed E-state index contributed by atoms with van der Waals surface area (Å²) in [6, 6.07) is 7.84. The van der Waals surface area contributed by atoms with Gasteiger partial charge in [0.05, 0.1) is 19.1 Å². The van der Waals surface area contributed by atoms with Crippen LogP contribution in [0, 0.1) is 11.8 Å². The van der Waals surface area contributed by atoms with E-state index in [4.69, 9.17) is 4.74 Å². The number of rotatable bonds is 8. The molecule has 0 radical (unpaired) electrons. The lowest BCUT2D eigenvalue weighted by molar-refractivity contribution is -0.129. The molecule has 6 nitrogen and oxygen atoms in total. The number of methoxy groups -OCH3 is 1. The highest BCUT2D eigenvalue weighted by Crippen LogP contribution is 2.27. The van der Waals surface area contributed by atoms with E-state index in [-0.39, 0.29) is 23.8 Å². The molecule has 26 heavy (non-hydrogen) atoms. The lowest BCUT2D eigenvalue weighted by Crippen LogP contribution is -2.39. The second kappa shape index (κ2) is 9.03. The average Bonchev–Trinajstić information content (AvgIpc) is 2.95. The molecule has 1 aliphatic rings. The summed E-state index contributed by atoms with van der Waals surface area (Å²) in [6.45, 7) is 5.86. The predicted molar refractivity (Wildman–Crippen MR) is 102 cm³/mol. The molecule has 1 fully saturated rings. The predicted octanol–water partition coefficient (Wildman–Crippen LogP) is 1.92. The molecule has 0 unspecified atom stereocenters. The van der Waals surface area contributed by atoms with Gasteiger partial charge in [0, 0.05) is 31.6 Å². The quantitative estimate of drug-likeness (QED) is 0.768. The van der Waals surface area contributed by atoms with Gasteiger partial charge in [-0.05, 0) is 26.1 Å². The Morgan fingerprint density at radius 2 is 2.04 bits per heavy atom. The Morgan fingerprint density at radius 3 is 2.65 bits per heavy atom. The summed E-state index contributed by atoms with van der Waals surface area (Å²) < 4.78 is 5.46. The third-order valence-electron chi connectivity index (χ3n) is 4.76. The zero-order valence-corrected chi connectivity index (χ0v) is 16.5. The van der Waals surface area contributed by atoms with Crippen LogP contribution in [0.3, 0.4) is 0 Å². The number of carbonyl (C=O) groups is 2. The molecular weight excluding hydrogens is 330 g/mol. The van der Waals surface area contributed by atoms with Crippen LogP contribution in [0.5, 0.6) is 5.75 Å². The van der Waals surface area contributed by atoms with Gasteiger partial charge in [0.2, 0.25) is 11.8 Å². The molecule has 1 heterocycles. The Morgan fingerprint density at radius 1 is 1.35 bits per heavy atom. The van der Waals surface area contributed by atoms with Crippen molar-refractivity contribution >= 4 is 11.8 Å². The molecule has 2 atom stereocenters. The van der Waals surface area contributed by atoms with Crippen LogP contribution in [0.1, 0.15) is 31.9 Å². The van der Waals surface area contributed by atoms with Crippen molar-refractivity contribution in [2.75, 3.05) is 40.8 Å². The molecule has 2 rings (SSSR count). The zero-order valence-electron chi connectivity index (χ0n) is 16.5. The third-order valence-corrected chi connectivity index (χ3v) is 4.76. The van der Waals surface area contributed by atoms with Gasteiger partial charge in [-0.2, -0.15) is 0 Å². The van der Waals surface area contributed by atoms with Gasteiger partial charge in [-0.15, -0.1) is 0 Å². The first-order chi connectivity index (χ1) is 12.3. The second-order valence-corrected chi connectivity index (χ2v) is 7.56. The Hall–Kier alpha value is -2.08. The minimum Gasteiger partial charge on any atom is -0.496 e. The number of benzene rings is 1. The number of nitrogens with zero attached hydrogens (tertiary/aromatic N) is 2. The summed E-state index contributed by atoms with van der Waals surface area (Å²) in [5.41, 5.74) is 1.03. The van der Waals surface area contributed by atoms with Gasteiger partial charge >= 0.3 is 0 Å². The molecule has 0 spiro atoms. The van der Waals surface area contributed by atoms with Crippen LogP contribution in [0.2, 0.25) is 0 Å². The first-order valence-corrected chi connectivity index (χ1v) is 9.18. The fourth-order valence-electron chi connectivity index (χ4n) is 3.42. The number of carbonyl (C=O) groups excluding carboxylic acids is 2. The van der Waals surface area contributed by atoms with E-state index in [9.17, 15) is 9.59 Å². The first-order valence-electron chi connectivity index (χ1n) is 9.18. The molecule has 1 saturated heterocycles. The summed E-state index contributed by atoms with van der Waals surface area (Å²) >= 11 is 0. The second-order valence-electron chi connectivity index (χ2n) is 7.56. The molecule has 1 aromatic rings. The number of likely N-dealkylation sites (tertiary alicyclic amines) is 1. The minimum atomic E-state index is -0.262. The van der Waals surface area contributed by atoms with Crippen LogP contribution >= 0.6 is 0 Å². The van der Waals surface area contributed by atoms with E-state index in [1.807, 2.05) is 38.4 Å². The highest BCUT2D eigenvalue weighted by atomic mass is 16.5. The van der Waals surface area contributed by atoms with Gasteiger partial charge in [0.25, 0.3) is 0 Å². The van der Waals surface area contributed by atoms with Crippen LogP contribution in [0.25, 0.3) is 0 Å². The van der Waals surface area contributed by atoms with Gasteiger partial charge in [-0.1, -0.05) is 32.0 Å². The number of hydrogen-bond acceptors (Lipinski definition) is 4. The van der Waals surface area contributed by atoms with Crippen LogP contribution < -0.4 is 10.1 Å². The van der Waals surface area contributed by atoms with Gasteiger partial charge in [-0.3, -0.25) is 9.59 Å². The first kappa shape index (κ1) is 20.2. The van der Waals surface area contributed by atoms with Crippen LogP contribution in [0.15, 0.2) is 24.3 Å². The molecule has 2 amide bonds. The van der Waals surface area contributed by atoms with Crippen molar-refractivity contribution in [1.82, 2.24) is 15.1 Å². The summed E-state index contributed by atoms with van der Waals surface area (Å²) in [7, 11) is 5.61. The van der Waals surface area contributed by atoms with E-state index in [0.29, 0.717) is 32.0 Å². The summed E-state index contributed by atoms with van der Waals surface area (Å²) in [6.07, 6.45) is 0.305. The average molecular weight is 361 g/mol. The summed E-state index contributed by atoms with van der Waals surface area (Å²) in [5.74, 6) is 0.977. The number of ether oxygens (including phenoxy) is 1. The maximum Gasteiger partial charge on any atom is 0.225 e. The Kier molecular flexibility index (Phi) is 7.03. The normalized spacial score (nSPS) is 18.5. The van der Waals surface area contributed by atoms with Crippen LogP contribution in [-0.4, -0.2) is 62.5 Å². The molecule has 1 N–H and O–H groups in total. The van der Waals surface area contributed by atoms with E-state index < -0.39 is 0 Å². The van der Waals surface area contributed by atoms with Gasteiger partial charge in [0.15, 0.2) is 0 Å². The Balaban J connectivity index is 1.99. The lowest BCUT2D eigenvalue weighted by atomic mass is 10.0. The molecule has 0 bridgehead atoms. The summed E-state index contributed by atoms with van der Waals surface area (Å²) in [5, 5.41) is 3.04. The SMILES string of the molecule is COc1ccccc1[C@@H](CNC(=O)[C@H]1CC(=O)N(CC(C)C)C1)N(C)C. The van der Waals surface area contributed by atoms with Crippen molar-refractivity contribution in [3.63, 3.8) is 0 Å². The topological polar surface area (TPSA) is 61.9 Å². The van der Waals surface area contributed by atoms with E-state index >= 15 is 0 Å². The van der Waals surface area contributed by atoms with Crippen molar-refractivity contribution in [3.05, 3.63) is 29.8 Å². The molecule has 0 aromatic heterocycles.